The molecule has 0 saturated heterocycles. The predicted molar refractivity (Wildman–Crippen MR) is 150 cm³/mol. The van der Waals surface area contributed by atoms with E-state index in [2.05, 4.69) is 20.6 Å². The van der Waals surface area contributed by atoms with Crippen LogP contribution in [-0.2, 0) is 41.9 Å². The third kappa shape index (κ3) is 11.6. The van der Waals surface area contributed by atoms with Gasteiger partial charge in [-0.15, -0.1) is 0 Å². The van der Waals surface area contributed by atoms with Gasteiger partial charge in [0.05, 0.1) is 11.4 Å². The van der Waals surface area contributed by atoms with E-state index in [1.165, 1.54) is 12.2 Å². The van der Waals surface area contributed by atoms with E-state index >= 15 is 0 Å². The molecule has 41 heavy (non-hydrogen) atoms. The Hall–Kier alpha value is -5.20. The number of carbonyl (C=O) groups excluding carboxylic acids is 2. The number of isocyanates is 2. The fourth-order valence-corrected chi connectivity index (χ4v) is 3.61. The fourth-order valence-electron chi connectivity index (χ4n) is 3.61. The van der Waals surface area contributed by atoms with Gasteiger partial charge >= 0.3 is 12.2 Å². The monoisotopic (exact) mass is 639 g/mol. The fraction of sp³-hybridized carbons (Fsp3) is 0.0667. The average Bonchev–Trinajstić information content (AvgIpc) is 2.93. The van der Waals surface area contributed by atoms with Crippen LogP contribution in [0.4, 0.5) is 32.3 Å². The second-order valence-corrected chi connectivity index (χ2v) is 8.35. The molecule has 0 spiro atoms. The topological polar surface area (TPSA) is 158 Å². The van der Waals surface area contributed by atoms with Crippen molar-refractivity contribution >= 4 is 47.1 Å². The van der Waals surface area contributed by atoms with Crippen LogP contribution < -0.4 is 10.6 Å². The molecule has 2 amide bonds. The number of hydrogen-bond acceptors (Lipinski definition) is 6. The summed E-state index contributed by atoms with van der Waals surface area (Å²) in [4.78, 5) is 48.3. The second kappa shape index (κ2) is 16.7. The Morgan fingerprint density at radius 3 is 1.05 bits per heavy atom. The van der Waals surface area contributed by atoms with Crippen LogP contribution in [0.3, 0.4) is 0 Å². The quantitative estimate of drug-likeness (QED) is 0.0959. The van der Waals surface area contributed by atoms with E-state index in [4.69, 9.17) is 10.2 Å². The summed E-state index contributed by atoms with van der Waals surface area (Å²) < 4.78 is 0. The minimum atomic E-state index is -1.08. The Kier molecular flexibility index (Phi) is 13.0. The predicted octanol–water partition coefficient (Wildman–Crippen LogP) is 6.67. The van der Waals surface area contributed by atoms with Crippen molar-refractivity contribution in [3.63, 3.8) is 0 Å². The second-order valence-electron chi connectivity index (χ2n) is 8.35. The molecule has 4 aromatic rings. The van der Waals surface area contributed by atoms with Crippen LogP contribution in [0.5, 0.6) is 0 Å². The summed E-state index contributed by atoms with van der Waals surface area (Å²) in [5.74, 6) is 0. The van der Waals surface area contributed by atoms with E-state index in [1.807, 2.05) is 48.5 Å². The SMILES string of the molecule is O=C=Nc1ccc(Cc2ccc(NC(=O)O)cc2)cc1.O=C=Nc1ccc(Cc2ccc(NC(=O)O)cc2)cc1.[Rh]. The molecule has 4 rings (SSSR count). The van der Waals surface area contributed by atoms with Crippen molar-refractivity contribution in [2.24, 2.45) is 9.98 Å². The number of benzene rings is 4. The first-order chi connectivity index (χ1) is 19.3. The molecule has 0 aromatic heterocycles. The van der Waals surface area contributed by atoms with Gasteiger partial charge < -0.3 is 10.2 Å². The molecule has 1 radical (unpaired) electrons. The third-order valence-electron chi connectivity index (χ3n) is 5.45. The van der Waals surface area contributed by atoms with Crippen LogP contribution in [0, 0.1) is 0 Å². The standard InChI is InChI=1S/2C15H12N2O3.Rh/c2*18-10-16-13-5-1-11(2-6-13)9-12-3-7-14(8-4-12)17-15(19)20;/h2*1-8,17H,9H2,(H,19,20);. The summed E-state index contributed by atoms with van der Waals surface area (Å²) in [6.07, 6.45) is 2.27. The van der Waals surface area contributed by atoms with Crippen LogP contribution >= 0.6 is 0 Å². The Labute approximate surface area is 248 Å². The summed E-state index contributed by atoms with van der Waals surface area (Å²) in [5.41, 5.74) is 6.51. The maximum atomic E-state index is 10.5. The van der Waals surface area contributed by atoms with Gasteiger partial charge in [0.1, 0.15) is 0 Å². The molecule has 0 saturated carbocycles. The maximum absolute atomic E-state index is 10.5. The van der Waals surface area contributed by atoms with Gasteiger partial charge in [-0.05, 0) is 83.6 Å². The summed E-state index contributed by atoms with van der Waals surface area (Å²) >= 11 is 0. The smallest absolute Gasteiger partial charge is 0.409 e. The number of nitrogens with zero attached hydrogens (tertiary/aromatic N) is 2. The first-order valence-electron chi connectivity index (χ1n) is 11.9. The van der Waals surface area contributed by atoms with Crippen molar-refractivity contribution in [3.8, 4) is 0 Å². The number of nitrogens with one attached hydrogen (secondary N) is 2. The van der Waals surface area contributed by atoms with E-state index in [9.17, 15) is 19.2 Å². The zero-order valence-corrected chi connectivity index (χ0v) is 23.0. The molecule has 4 aromatic carbocycles. The Morgan fingerprint density at radius 2 is 0.805 bits per heavy atom. The number of carbonyl (C=O) groups is 2. The summed E-state index contributed by atoms with van der Waals surface area (Å²) in [7, 11) is 0. The van der Waals surface area contributed by atoms with Crippen molar-refractivity contribution in [2.45, 2.75) is 12.8 Å². The van der Waals surface area contributed by atoms with Crippen LogP contribution in [0.25, 0.3) is 0 Å². The van der Waals surface area contributed by atoms with Gasteiger partial charge in [-0.2, -0.15) is 9.98 Å². The number of carboxylic acid groups (broad SMARTS) is 2. The van der Waals surface area contributed by atoms with Gasteiger partial charge in [-0.25, -0.2) is 19.2 Å². The Balaban J connectivity index is 0.000000280. The largest absolute Gasteiger partial charge is 0.465 e. The zero-order valence-electron chi connectivity index (χ0n) is 21.4. The molecule has 0 heterocycles. The Morgan fingerprint density at radius 1 is 0.537 bits per heavy atom. The van der Waals surface area contributed by atoms with Gasteiger partial charge in [0.2, 0.25) is 12.2 Å². The molecule has 209 valence electrons. The van der Waals surface area contributed by atoms with E-state index < -0.39 is 12.2 Å². The normalized spacial score (nSPS) is 9.37. The van der Waals surface area contributed by atoms with E-state index in [1.54, 1.807) is 48.5 Å². The van der Waals surface area contributed by atoms with Crippen molar-refractivity contribution in [1.82, 2.24) is 0 Å². The first kappa shape index (κ1) is 32.0. The maximum Gasteiger partial charge on any atom is 0.409 e. The van der Waals surface area contributed by atoms with Gasteiger partial charge in [0.15, 0.2) is 0 Å². The summed E-state index contributed by atoms with van der Waals surface area (Å²) in [5, 5.41) is 21.8. The summed E-state index contributed by atoms with van der Waals surface area (Å²) in [6, 6.07) is 28.9. The first-order valence-corrected chi connectivity index (χ1v) is 11.9. The number of aliphatic imine (C=N–C) groups is 2. The van der Waals surface area contributed by atoms with Gasteiger partial charge in [0.25, 0.3) is 0 Å². The number of rotatable bonds is 8. The number of anilines is 2. The molecule has 11 heteroatoms. The van der Waals surface area contributed by atoms with Gasteiger partial charge in [-0.3, -0.25) is 10.6 Å². The van der Waals surface area contributed by atoms with Crippen LogP contribution in [-0.4, -0.2) is 34.6 Å². The number of hydrogen-bond donors (Lipinski definition) is 4. The third-order valence-corrected chi connectivity index (χ3v) is 5.45. The van der Waals surface area contributed by atoms with Crippen molar-refractivity contribution < 1.29 is 48.9 Å². The zero-order chi connectivity index (χ0) is 28.7. The van der Waals surface area contributed by atoms with Gasteiger partial charge in [0, 0.05) is 30.9 Å². The molecule has 10 nitrogen and oxygen atoms in total. The van der Waals surface area contributed by atoms with E-state index in [0.717, 1.165) is 35.1 Å². The molecule has 0 atom stereocenters. The van der Waals surface area contributed by atoms with Gasteiger partial charge in [-0.1, -0.05) is 48.5 Å². The number of amides is 2. The van der Waals surface area contributed by atoms with Crippen molar-refractivity contribution in [1.29, 1.82) is 0 Å². The minimum absolute atomic E-state index is 0. The summed E-state index contributed by atoms with van der Waals surface area (Å²) in [6.45, 7) is 0. The van der Waals surface area contributed by atoms with Crippen LogP contribution in [0.2, 0.25) is 0 Å². The van der Waals surface area contributed by atoms with Crippen LogP contribution in [0.15, 0.2) is 107 Å². The van der Waals surface area contributed by atoms with Crippen molar-refractivity contribution in [3.05, 3.63) is 119 Å². The molecule has 4 N–H and O–H groups in total. The molecule has 0 fully saturated rings. The average molecular weight is 639 g/mol. The Bertz CT molecular complexity index is 1410. The van der Waals surface area contributed by atoms with E-state index in [-0.39, 0.29) is 19.5 Å². The molecule has 0 bridgehead atoms. The van der Waals surface area contributed by atoms with Crippen LogP contribution in [0.1, 0.15) is 22.3 Å². The molecular formula is C30H24N4O6Rh. The molecule has 0 aliphatic carbocycles. The molecular weight excluding hydrogens is 615 g/mol. The molecule has 0 unspecified atom stereocenters. The molecule has 0 aliphatic rings. The van der Waals surface area contributed by atoms with E-state index in [0.29, 0.717) is 22.7 Å². The minimum Gasteiger partial charge on any atom is -0.465 e. The molecule has 0 aliphatic heterocycles. The van der Waals surface area contributed by atoms with Crippen molar-refractivity contribution in [2.75, 3.05) is 10.6 Å².